The Bertz CT molecular complexity index is 785. The second kappa shape index (κ2) is 5.47. The van der Waals surface area contributed by atoms with Crippen LogP contribution in [0.4, 0.5) is 5.25 Å². The van der Waals surface area contributed by atoms with E-state index in [0.717, 1.165) is 22.3 Å². The van der Waals surface area contributed by atoms with Gasteiger partial charge in [-0.05, 0) is 0 Å². The Morgan fingerprint density at radius 2 is 1.08 bits per heavy atom. The summed E-state index contributed by atoms with van der Waals surface area (Å²) >= 11 is -7.10. The fraction of sp³-hybridized carbons (Fsp3) is 0.455. The van der Waals surface area contributed by atoms with Crippen LogP contribution in [0.2, 0.25) is 23.5 Å². The van der Waals surface area contributed by atoms with Gasteiger partial charge in [-0.15, -0.1) is 0 Å². The van der Waals surface area contributed by atoms with Gasteiger partial charge in [0.1, 0.15) is 0 Å². The van der Waals surface area contributed by atoms with Gasteiger partial charge in [-0.25, -0.2) is 0 Å². The minimum absolute atomic E-state index is 0.714. The SMILES string of the molecule is CC1=C(C)[C](C)([Zr]([F])([F])([CH]2C=CC=C2)([CH]2C=CC=C2)[SiH](C)C)C(C)=C1C. The first-order valence-electron chi connectivity index (χ1n) is 9.73. The van der Waals surface area contributed by atoms with Crippen molar-refractivity contribution >= 4 is 5.92 Å². The van der Waals surface area contributed by atoms with Crippen molar-refractivity contribution in [3.8, 4) is 0 Å². The van der Waals surface area contributed by atoms with Crippen LogP contribution in [0.25, 0.3) is 0 Å². The van der Waals surface area contributed by atoms with Gasteiger partial charge in [-0.2, -0.15) is 0 Å². The molecule has 0 atom stereocenters. The zero-order chi connectivity index (χ0) is 19.6. The third-order valence-corrected chi connectivity index (χ3v) is 58.0. The van der Waals surface area contributed by atoms with Gasteiger partial charge >= 0.3 is 158 Å². The summed E-state index contributed by atoms with van der Waals surface area (Å²) in [5.74, 6) is -2.41. The topological polar surface area (TPSA) is 0 Å². The van der Waals surface area contributed by atoms with E-state index in [-0.39, 0.29) is 0 Å². The van der Waals surface area contributed by atoms with Gasteiger partial charge in [-0.3, -0.25) is 0 Å². The van der Waals surface area contributed by atoms with Crippen molar-refractivity contribution in [1.29, 1.82) is 0 Å². The van der Waals surface area contributed by atoms with E-state index in [1.807, 2.05) is 96.3 Å². The number of hydrogen-bond acceptors (Lipinski definition) is 0. The van der Waals surface area contributed by atoms with Crippen molar-refractivity contribution in [1.82, 2.24) is 0 Å². The number of rotatable bonds is 4. The Morgan fingerprint density at radius 1 is 0.769 bits per heavy atom. The molecule has 3 rings (SSSR count). The molecule has 0 unspecified atom stereocenters. The van der Waals surface area contributed by atoms with E-state index in [1.165, 1.54) is 0 Å². The van der Waals surface area contributed by atoms with Gasteiger partial charge in [0.15, 0.2) is 0 Å². The second-order valence-corrected chi connectivity index (χ2v) is 43.1. The third kappa shape index (κ3) is 1.73. The first-order valence-corrected chi connectivity index (χ1v) is 22.8. The molecule has 0 heterocycles. The molecule has 0 bridgehead atoms. The summed E-state index contributed by atoms with van der Waals surface area (Å²) < 4.78 is 34.8. The first-order chi connectivity index (χ1) is 11.9. The summed E-state index contributed by atoms with van der Waals surface area (Å²) in [7, 11) is 0. The molecule has 0 aromatic rings. The zero-order valence-electron chi connectivity index (χ0n) is 17.1. The first kappa shape index (κ1) is 20.1. The van der Waals surface area contributed by atoms with E-state index in [9.17, 15) is 0 Å². The molecule has 0 aromatic carbocycles. The molecule has 0 saturated heterocycles. The standard InChI is InChI=1S/C10H15.2C5H5.C2H7Si.2FH.Zr/c1-6-7(2)9(4)10(5)8(6)3;2*1-2-4-5-3-1;1-3-2;;;/h1-5H3;2*1-5H;3H,1-2H3;2*1H;/q;;;;;;+2/p-2. The molecule has 3 aliphatic carbocycles. The van der Waals surface area contributed by atoms with Gasteiger partial charge in [-0.1, -0.05) is 0 Å². The molecule has 0 amide bonds. The Balaban J connectivity index is 2.57. The van der Waals surface area contributed by atoms with Crippen LogP contribution >= 0.6 is 0 Å². The van der Waals surface area contributed by atoms with Crippen LogP contribution in [0.5, 0.6) is 0 Å². The molecule has 0 spiro atoms. The summed E-state index contributed by atoms with van der Waals surface area (Å²) in [6, 6.07) is 0. The van der Waals surface area contributed by atoms with Crippen LogP contribution in [0.3, 0.4) is 0 Å². The molecule has 26 heavy (non-hydrogen) atoms. The maximum atomic E-state index is 18.7. The van der Waals surface area contributed by atoms with Crippen LogP contribution in [-0.4, -0.2) is 5.92 Å². The fourth-order valence-corrected chi connectivity index (χ4v) is 49.8. The summed E-state index contributed by atoms with van der Waals surface area (Å²) in [6.45, 7) is 13.8. The third-order valence-electron chi connectivity index (χ3n) is 8.93. The molecule has 0 nitrogen and oxygen atoms in total. The predicted octanol–water partition coefficient (Wildman–Crippen LogP) is 7.66. The van der Waals surface area contributed by atoms with Crippen LogP contribution in [0.15, 0.2) is 70.9 Å². The molecule has 0 aromatic heterocycles. The zero-order valence-corrected chi connectivity index (χ0v) is 20.7. The Labute approximate surface area is 157 Å². The monoisotopic (exact) mass is 452 g/mol. The molecule has 0 aliphatic heterocycles. The summed E-state index contributed by atoms with van der Waals surface area (Å²) in [4.78, 5) is 0. The van der Waals surface area contributed by atoms with Crippen LogP contribution < -0.4 is 0 Å². The summed E-state index contributed by atoms with van der Waals surface area (Å²) in [5.41, 5.74) is 3.98. The van der Waals surface area contributed by atoms with Crippen molar-refractivity contribution in [2.75, 3.05) is 0 Å². The average molecular weight is 454 g/mol. The van der Waals surface area contributed by atoms with Gasteiger partial charge < -0.3 is 0 Å². The Hall–Kier alpha value is -0.600. The van der Waals surface area contributed by atoms with Crippen molar-refractivity contribution in [2.24, 2.45) is 0 Å². The normalized spacial score (nSPS) is 25.9. The van der Waals surface area contributed by atoms with Gasteiger partial charge in [0.2, 0.25) is 0 Å². The molecule has 142 valence electrons. The second-order valence-electron chi connectivity index (χ2n) is 9.22. The maximum absolute atomic E-state index is 18.7. The van der Waals surface area contributed by atoms with E-state index >= 15 is 5.25 Å². The summed E-state index contributed by atoms with van der Waals surface area (Å²) in [6.07, 6.45) is 14.6. The van der Waals surface area contributed by atoms with Gasteiger partial charge in [0.05, 0.1) is 0 Å². The molecule has 3 aliphatic rings. The fourth-order valence-electron chi connectivity index (χ4n) is 6.55. The van der Waals surface area contributed by atoms with Crippen LogP contribution in [-0.2, 0) is 17.7 Å². The van der Waals surface area contributed by atoms with E-state index in [0.29, 0.717) is 0 Å². The minimum atomic E-state index is -7.10. The quantitative estimate of drug-likeness (QED) is 0.383. The van der Waals surface area contributed by atoms with Crippen molar-refractivity contribution < 1.29 is 22.9 Å². The van der Waals surface area contributed by atoms with Gasteiger partial charge in [0, 0.05) is 0 Å². The molecule has 0 fully saturated rings. The Kier molecular flexibility index (Phi) is 4.24. The van der Waals surface area contributed by atoms with Crippen LogP contribution in [0.1, 0.15) is 34.6 Å². The molecule has 4 heteroatoms. The van der Waals surface area contributed by atoms with E-state index in [4.69, 9.17) is 0 Å². The number of allylic oxidation sites excluding steroid dienone is 12. The average Bonchev–Trinajstić information content (AvgIpc) is 3.34. The van der Waals surface area contributed by atoms with E-state index in [1.54, 1.807) is 0 Å². The predicted molar refractivity (Wildman–Crippen MR) is 110 cm³/mol. The molecule has 0 saturated carbocycles. The molecule has 0 N–H and O–H groups in total. The number of halogens is 2. The molecular weight excluding hydrogens is 422 g/mol. The van der Waals surface area contributed by atoms with Crippen molar-refractivity contribution in [3.05, 3.63) is 70.9 Å². The van der Waals surface area contributed by atoms with Gasteiger partial charge in [0.25, 0.3) is 0 Å². The molecular formula is C22H32F2SiZr. The molecule has 0 radical (unpaired) electrons. The Morgan fingerprint density at radius 3 is 1.35 bits per heavy atom. The van der Waals surface area contributed by atoms with Crippen LogP contribution in [0, 0.1) is 0 Å². The van der Waals surface area contributed by atoms with E-state index < -0.39 is 34.0 Å². The summed E-state index contributed by atoms with van der Waals surface area (Å²) in [5, 5.41) is 0. The number of hydrogen-bond donors (Lipinski definition) is 0. The van der Waals surface area contributed by atoms with Crippen molar-refractivity contribution in [3.63, 3.8) is 0 Å². The van der Waals surface area contributed by atoms with E-state index in [2.05, 4.69) is 0 Å². The van der Waals surface area contributed by atoms with Crippen molar-refractivity contribution in [2.45, 2.75) is 58.1 Å².